The van der Waals surface area contributed by atoms with E-state index in [-0.39, 0.29) is 0 Å². The molecule has 0 unspecified atom stereocenters. The molecule has 0 bridgehead atoms. The van der Waals surface area contributed by atoms with E-state index < -0.39 is 5.41 Å². The summed E-state index contributed by atoms with van der Waals surface area (Å²) in [6.07, 6.45) is 10.3. The Labute approximate surface area is 171 Å². The number of benzene rings is 2. The minimum absolute atomic E-state index is 0.563. The lowest BCUT2D eigenvalue weighted by molar-refractivity contribution is 0.259. The minimum Gasteiger partial charge on any atom is -0.306 e. The van der Waals surface area contributed by atoms with E-state index in [1.54, 1.807) is 0 Å². The summed E-state index contributed by atoms with van der Waals surface area (Å²) in [5.74, 6) is 0.933. The Morgan fingerprint density at radius 1 is 0.893 bits per heavy atom. The van der Waals surface area contributed by atoms with E-state index in [1.807, 2.05) is 36.4 Å². The van der Waals surface area contributed by atoms with Crippen molar-refractivity contribution >= 4 is 0 Å². The van der Waals surface area contributed by atoms with Gasteiger partial charge in [-0.05, 0) is 56.4 Å². The number of hydrogen-bond acceptors (Lipinski definition) is 2. The molecule has 3 rings (SSSR count). The Morgan fingerprint density at radius 2 is 1.46 bits per heavy atom. The second-order valence-electron chi connectivity index (χ2n) is 8.45. The summed E-state index contributed by atoms with van der Waals surface area (Å²) in [5, 5.41) is 10.3. The van der Waals surface area contributed by atoms with E-state index in [1.165, 1.54) is 45.1 Å². The number of nitriles is 1. The van der Waals surface area contributed by atoms with Crippen LogP contribution in [0, 0.1) is 17.2 Å². The standard InChI is InChI=1S/C26H34N2/c1-28(21-18-23-12-5-2-6-13-23)20-11-19-26(22-27,24-14-7-3-8-15-24)25-16-9-4-10-17-25/h3-4,7-10,14-17,23H,2,5-6,11-13,18-21H2,1H3. The maximum Gasteiger partial charge on any atom is 0.107 e. The van der Waals surface area contributed by atoms with Gasteiger partial charge in [0, 0.05) is 0 Å². The average molecular weight is 375 g/mol. The van der Waals surface area contributed by atoms with Crippen LogP contribution in [0.15, 0.2) is 60.7 Å². The molecule has 28 heavy (non-hydrogen) atoms. The van der Waals surface area contributed by atoms with Crippen molar-refractivity contribution in [2.45, 2.75) is 56.8 Å². The van der Waals surface area contributed by atoms with Crippen molar-refractivity contribution in [1.29, 1.82) is 5.26 Å². The van der Waals surface area contributed by atoms with Crippen LogP contribution in [-0.2, 0) is 5.41 Å². The Balaban J connectivity index is 1.61. The van der Waals surface area contributed by atoms with Crippen molar-refractivity contribution in [2.75, 3.05) is 20.1 Å². The lowest BCUT2D eigenvalue weighted by atomic mass is 9.72. The van der Waals surface area contributed by atoms with Crippen LogP contribution < -0.4 is 0 Å². The molecule has 0 radical (unpaired) electrons. The lowest BCUT2D eigenvalue weighted by Gasteiger charge is -2.29. The molecule has 1 aliphatic carbocycles. The Bertz CT molecular complexity index is 687. The molecule has 0 N–H and O–H groups in total. The Morgan fingerprint density at radius 3 is 2.00 bits per heavy atom. The van der Waals surface area contributed by atoms with E-state index in [9.17, 15) is 5.26 Å². The molecule has 0 amide bonds. The summed E-state index contributed by atoms with van der Waals surface area (Å²) < 4.78 is 0. The first-order valence-electron chi connectivity index (χ1n) is 11.0. The van der Waals surface area contributed by atoms with Gasteiger partial charge in [0.15, 0.2) is 0 Å². The molecule has 2 nitrogen and oxygen atoms in total. The largest absolute Gasteiger partial charge is 0.306 e. The predicted octanol–water partition coefficient (Wildman–Crippen LogP) is 6.18. The summed E-state index contributed by atoms with van der Waals surface area (Å²) in [5.41, 5.74) is 1.65. The van der Waals surface area contributed by atoms with Crippen LogP contribution in [0.1, 0.15) is 62.5 Å². The van der Waals surface area contributed by atoms with Crippen LogP contribution >= 0.6 is 0 Å². The van der Waals surface area contributed by atoms with Crippen molar-refractivity contribution in [2.24, 2.45) is 5.92 Å². The summed E-state index contributed by atoms with van der Waals surface area (Å²) in [6, 6.07) is 23.3. The average Bonchev–Trinajstić information content (AvgIpc) is 2.77. The van der Waals surface area contributed by atoms with Gasteiger partial charge in [-0.15, -0.1) is 0 Å². The molecule has 0 spiro atoms. The van der Waals surface area contributed by atoms with Crippen molar-refractivity contribution < 1.29 is 0 Å². The molecular weight excluding hydrogens is 340 g/mol. The zero-order valence-corrected chi connectivity index (χ0v) is 17.3. The highest BCUT2D eigenvalue weighted by molar-refractivity contribution is 5.45. The highest BCUT2D eigenvalue weighted by Gasteiger charge is 2.33. The first-order valence-corrected chi connectivity index (χ1v) is 11.0. The molecule has 0 atom stereocenters. The molecule has 2 heteroatoms. The fraction of sp³-hybridized carbons (Fsp3) is 0.500. The fourth-order valence-electron chi connectivity index (χ4n) is 4.69. The van der Waals surface area contributed by atoms with E-state index >= 15 is 0 Å². The van der Waals surface area contributed by atoms with Gasteiger partial charge in [-0.1, -0.05) is 92.8 Å². The zero-order chi connectivity index (χ0) is 19.7. The van der Waals surface area contributed by atoms with Crippen LogP contribution in [0.25, 0.3) is 0 Å². The van der Waals surface area contributed by atoms with Gasteiger partial charge in [-0.2, -0.15) is 5.26 Å². The first-order chi connectivity index (χ1) is 13.7. The monoisotopic (exact) mass is 374 g/mol. The second-order valence-corrected chi connectivity index (χ2v) is 8.45. The van der Waals surface area contributed by atoms with Crippen LogP contribution in [0.3, 0.4) is 0 Å². The molecule has 2 aromatic carbocycles. The van der Waals surface area contributed by atoms with Gasteiger partial charge in [-0.3, -0.25) is 0 Å². The van der Waals surface area contributed by atoms with Gasteiger partial charge in [0.2, 0.25) is 0 Å². The third-order valence-electron chi connectivity index (χ3n) is 6.46. The predicted molar refractivity (Wildman–Crippen MR) is 117 cm³/mol. The second kappa shape index (κ2) is 10.4. The van der Waals surface area contributed by atoms with Crippen molar-refractivity contribution in [3.8, 4) is 6.07 Å². The van der Waals surface area contributed by atoms with Crippen LogP contribution in [0.5, 0.6) is 0 Å². The molecule has 0 saturated heterocycles. The molecule has 1 fully saturated rings. The van der Waals surface area contributed by atoms with Crippen LogP contribution in [-0.4, -0.2) is 25.0 Å². The molecule has 0 aromatic heterocycles. The van der Waals surface area contributed by atoms with Crippen molar-refractivity contribution in [1.82, 2.24) is 4.90 Å². The van der Waals surface area contributed by atoms with E-state index in [2.05, 4.69) is 42.3 Å². The first kappa shape index (κ1) is 20.6. The van der Waals surface area contributed by atoms with Crippen LogP contribution in [0.4, 0.5) is 0 Å². The molecule has 148 valence electrons. The van der Waals surface area contributed by atoms with Gasteiger partial charge in [-0.25, -0.2) is 0 Å². The Kier molecular flexibility index (Phi) is 7.69. The minimum atomic E-state index is -0.563. The van der Waals surface area contributed by atoms with Gasteiger partial charge < -0.3 is 4.90 Å². The van der Waals surface area contributed by atoms with E-state index in [4.69, 9.17) is 0 Å². The maximum absolute atomic E-state index is 10.3. The SMILES string of the molecule is CN(CCCC(C#N)(c1ccccc1)c1ccccc1)CCC1CCCCC1. The molecule has 2 aromatic rings. The molecule has 1 aliphatic rings. The third kappa shape index (κ3) is 5.24. The van der Waals surface area contributed by atoms with Crippen LogP contribution in [0.2, 0.25) is 0 Å². The number of rotatable bonds is 9. The molecule has 0 heterocycles. The zero-order valence-electron chi connectivity index (χ0n) is 17.3. The summed E-state index contributed by atoms with van der Waals surface area (Å²) >= 11 is 0. The third-order valence-corrected chi connectivity index (χ3v) is 6.46. The van der Waals surface area contributed by atoms with Gasteiger partial charge >= 0.3 is 0 Å². The normalized spacial score (nSPS) is 15.5. The summed E-state index contributed by atoms with van der Waals surface area (Å²) in [4.78, 5) is 2.47. The highest BCUT2D eigenvalue weighted by atomic mass is 15.1. The lowest BCUT2D eigenvalue weighted by Crippen LogP contribution is -2.29. The molecular formula is C26H34N2. The highest BCUT2D eigenvalue weighted by Crippen LogP contribution is 2.36. The fourth-order valence-corrected chi connectivity index (χ4v) is 4.69. The van der Waals surface area contributed by atoms with Gasteiger partial charge in [0.05, 0.1) is 6.07 Å². The van der Waals surface area contributed by atoms with E-state index in [0.29, 0.717) is 0 Å². The number of nitrogens with zero attached hydrogens (tertiary/aromatic N) is 2. The Hall–Kier alpha value is -2.11. The van der Waals surface area contributed by atoms with Crippen molar-refractivity contribution in [3.05, 3.63) is 71.8 Å². The van der Waals surface area contributed by atoms with E-state index in [0.717, 1.165) is 36.4 Å². The molecule has 1 saturated carbocycles. The van der Waals surface area contributed by atoms with Gasteiger partial charge in [0.25, 0.3) is 0 Å². The quantitative estimate of drug-likeness (QED) is 0.524. The topological polar surface area (TPSA) is 27.0 Å². The smallest absolute Gasteiger partial charge is 0.107 e. The number of hydrogen-bond donors (Lipinski definition) is 0. The maximum atomic E-state index is 10.3. The van der Waals surface area contributed by atoms with Crippen molar-refractivity contribution in [3.63, 3.8) is 0 Å². The van der Waals surface area contributed by atoms with Gasteiger partial charge in [0.1, 0.15) is 5.41 Å². The molecule has 0 aliphatic heterocycles. The summed E-state index contributed by atoms with van der Waals surface area (Å²) in [7, 11) is 2.24. The summed E-state index contributed by atoms with van der Waals surface area (Å²) in [6.45, 7) is 2.23.